The van der Waals surface area contributed by atoms with E-state index in [-0.39, 0.29) is 29.9 Å². The van der Waals surface area contributed by atoms with Gasteiger partial charge in [0.1, 0.15) is 5.60 Å². The van der Waals surface area contributed by atoms with Crippen molar-refractivity contribution in [2.24, 2.45) is 10.9 Å². The van der Waals surface area contributed by atoms with Crippen LogP contribution in [0.25, 0.3) is 0 Å². The van der Waals surface area contributed by atoms with Gasteiger partial charge >= 0.3 is 12.1 Å². The van der Waals surface area contributed by atoms with Crippen LogP contribution in [0.15, 0.2) is 59.6 Å². The van der Waals surface area contributed by atoms with E-state index in [1.165, 1.54) is 17.0 Å². The van der Waals surface area contributed by atoms with Crippen molar-refractivity contribution in [1.29, 1.82) is 0 Å². The Bertz CT molecular complexity index is 1100. The van der Waals surface area contributed by atoms with Crippen molar-refractivity contribution >= 4 is 23.9 Å². The highest BCUT2D eigenvalue weighted by Gasteiger charge is 2.50. The fraction of sp³-hybridized carbons (Fsp3) is 0.385. The van der Waals surface area contributed by atoms with E-state index < -0.39 is 23.2 Å². The number of carbonyl (C=O) groups is 3. The summed E-state index contributed by atoms with van der Waals surface area (Å²) in [6, 6.07) is 15.6. The summed E-state index contributed by atoms with van der Waals surface area (Å²) < 4.78 is 5.39. The van der Waals surface area contributed by atoms with Gasteiger partial charge in [-0.1, -0.05) is 56.3 Å². The standard InChI is InChI=1S/C26H31N3O5/c1-17(2)15-26(20-12-7-6-8-13-20)22(32)29(16-18-10-9-11-19(14-18)21(30)31)23(28-26)27-24(33)34-25(3,4)5/h6-14,17H,15-16H2,1-5H3,(H,30,31)(H,27,28,33)/t26-/m0/s1. The molecule has 0 saturated carbocycles. The summed E-state index contributed by atoms with van der Waals surface area (Å²) in [7, 11) is 0. The molecule has 0 unspecified atom stereocenters. The van der Waals surface area contributed by atoms with E-state index in [1.807, 2.05) is 44.2 Å². The lowest BCUT2D eigenvalue weighted by atomic mass is 9.82. The average molecular weight is 466 g/mol. The number of nitrogens with zero attached hydrogens (tertiary/aromatic N) is 2. The number of carbonyl (C=O) groups excluding carboxylic acids is 2. The van der Waals surface area contributed by atoms with Gasteiger partial charge in [-0.3, -0.25) is 15.0 Å². The Balaban J connectivity index is 2.06. The molecule has 0 aliphatic carbocycles. The van der Waals surface area contributed by atoms with E-state index in [1.54, 1.807) is 32.9 Å². The van der Waals surface area contributed by atoms with Crippen molar-refractivity contribution in [2.45, 2.75) is 58.7 Å². The number of ether oxygens (including phenoxy) is 1. The summed E-state index contributed by atoms with van der Waals surface area (Å²) in [6.07, 6.45) is -0.294. The van der Waals surface area contributed by atoms with Crippen LogP contribution in [-0.2, 0) is 21.6 Å². The second kappa shape index (κ2) is 9.67. The largest absolute Gasteiger partial charge is 0.478 e. The molecule has 2 amide bonds. The number of carboxylic acid groups (broad SMARTS) is 1. The lowest BCUT2D eigenvalue weighted by Gasteiger charge is -2.28. The van der Waals surface area contributed by atoms with Crippen LogP contribution in [-0.4, -0.2) is 39.5 Å². The summed E-state index contributed by atoms with van der Waals surface area (Å²) >= 11 is 0. The van der Waals surface area contributed by atoms with Crippen LogP contribution in [0.5, 0.6) is 0 Å². The summed E-state index contributed by atoms with van der Waals surface area (Å²) in [5.41, 5.74) is -0.523. The third-order valence-corrected chi connectivity index (χ3v) is 5.23. The van der Waals surface area contributed by atoms with E-state index in [2.05, 4.69) is 5.32 Å². The van der Waals surface area contributed by atoms with Crippen molar-refractivity contribution < 1.29 is 24.2 Å². The maximum atomic E-state index is 14.0. The topological polar surface area (TPSA) is 108 Å². The molecule has 0 bridgehead atoms. The molecule has 2 N–H and O–H groups in total. The second-order valence-electron chi connectivity index (χ2n) is 9.78. The molecule has 8 nitrogen and oxygen atoms in total. The van der Waals surface area contributed by atoms with Gasteiger partial charge < -0.3 is 9.84 Å². The number of hydrogen-bond donors (Lipinski definition) is 2. The molecule has 0 spiro atoms. The highest BCUT2D eigenvalue weighted by atomic mass is 16.6. The van der Waals surface area contributed by atoms with Crippen molar-refractivity contribution in [1.82, 2.24) is 10.2 Å². The SMILES string of the molecule is CC(C)C[C@@]1(c2ccccc2)N=C(NC(=O)OC(C)(C)C)N(Cc2cccc(C(=O)O)c2)C1=O. The zero-order valence-corrected chi connectivity index (χ0v) is 20.2. The Morgan fingerprint density at radius 1 is 1.12 bits per heavy atom. The number of aliphatic imine (C=N–C) groups is 1. The van der Waals surface area contributed by atoms with E-state index in [9.17, 15) is 19.5 Å². The fourth-order valence-corrected chi connectivity index (χ4v) is 3.97. The number of benzene rings is 2. The number of alkyl carbamates (subject to hydrolysis) is 1. The normalized spacial score (nSPS) is 18.1. The Morgan fingerprint density at radius 2 is 1.79 bits per heavy atom. The number of nitrogens with one attached hydrogen (secondary N) is 1. The summed E-state index contributed by atoms with van der Waals surface area (Å²) in [5.74, 6) is -1.15. The van der Waals surface area contributed by atoms with Gasteiger partial charge in [-0.25, -0.2) is 14.6 Å². The minimum absolute atomic E-state index is 0.0429. The monoisotopic (exact) mass is 465 g/mol. The van der Waals surface area contributed by atoms with Gasteiger partial charge in [-0.2, -0.15) is 0 Å². The molecule has 1 atom stereocenters. The van der Waals surface area contributed by atoms with Crippen LogP contribution in [0.3, 0.4) is 0 Å². The molecule has 0 fully saturated rings. The number of amides is 2. The van der Waals surface area contributed by atoms with Crippen LogP contribution in [0.2, 0.25) is 0 Å². The molecule has 0 radical (unpaired) electrons. The van der Waals surface area contributed by atoms with Gasteiger partial charge in [-0.05, 0) is 56.4 Å². The molecule has 8 heteroatoms. The smallest absolute Gasteiger partial charge is 0.414 e. The van der Waals surface area contributed by atoms with Crippen molar-refractivity contribution in [2.75, 3.05) is 0 Å². The maximum Gasteiger partial charge on any atom is 0.414 e. The third-order valence-electron chi connectivity index (χ3n) is 5.23. The average Bonchev–Trinajstić information content (AvgIpc) is 2.99. The molecule has 0 saturated heterocycles. The minimum Gasteiger partial charge on any atom is -0.478 e. The van der Waals surface area contributed by atoms with Gasteiger partial charge in [0.05, 0.1) is 12.1 Å². The molecule has 34 heavy (non-hydrogen) atoms. The maximum absolute atomic E-state index is 14.0. The number of aromatic carboxylic acids is 1. The van der Waals surface area contributed by atoms with Gasteiger partial charge in [0.25, 0.3) is 5.91 Å². The molecule has 180 valence electrons. The first-order valence-corrected chi connectivity index (χ1v) is 11.2. The molecule has 0 aromatic heterocycles. The van der Waals surface area contributed by atoms with Crippen LogP contribution >= 0.6 is 0 Å². The summed E-state index contributed by atoms with van der Waals surface area (Å²) in [6.45, 7) is 9.30. The quantitative estimate of drug-likeness (QED) is 0.651. The first-order chi connectivity index (χ1) is 15.9. The van der Waals surface area contributed by atoms with E-state index in [0.717, 1.165) is 5.56 Å². The highest BCUT2D eigenvalue weighted by Crippen LogP contribution is 2.39. The van der Waals surface area contributed by atoms with Crippen molar-refractivity contribution in [3.8, 4) is 0 Å². The first-order valence-electron chi connectivity index (χ1n) is 11.2. The third kappa shape index (κ3) is 5.62. The fourth-order valence-electron chi connectivity index (χ4n) is 3.97. The molecule has 1 heterocycles. The molecular weight excluding hydrogens is 434 g/mol. The highest BCUT2D eigenvalue weighted by molar-refractivity contribution is 6.11. The van der Waals surface area contributed by atoms with Crippen LogP contribution in [0.4, 0.5) is 4.79 Å². The Morgan fingerprint density at radius 3 is 2.38 bits per heavy atom. The predicted octanol–water partition coefficient (Wildman–Crippen LogP) is 4.55. The molecule has 2 aromatic carbocycles. The Hall–Kier alpha value is -3.68. The molecule has 3 rings (SSSR count). The number of rotatable bonds is 6. The van der Waals surface area contributed by atoms with Crippen molar-refractivity contribution in [3.63, 3.8) is 0 Å². The second-order valence-corrected chi connectivity index (χ2v) is 9.78. The first kappa shape index (κ1) is 25.0. The Kier molecular flexibility index (Phi) is 7.09. The number of hydrogen-bond acceptors (Lipinski definition) is 5. The molecule has 1 aliphatic rings. The molecule has 2 aromatic rings. The van der Waals surface area contributed by atoms with Gasteiger partial charge in [0, 0.05) is 0 Å². The lowest BCUT2D eigenvalue weighted by molar-refractivity contribution is -0.132. The van der Waals surface area contributed by atoms with E-state index in [4.69, 9.17) is 9.73 Å². The number of carboxylic acids is 1. The molecular formula is C26H31N3O5. The zero-order chi connectivity index (χ0) is 25.1. The Labute approximate surface area is 199 Å². The van der Waals surface area contributed by atoms with Crippen LogP contribution in [0.1, 0.15) is 62.5 Å². The van der Waals surface area contributed by atoms with Crippen molar-refractivity contribution in [3.05, 3.63) is 71.3 Å². The zero-order valence-electron chi connectivity index (χ0n) is 20.2. The van der Waals surface area contributed by atoms with Gasteiger partial charge in [0.2, 0.25) is 5.96 Å². The van der Waals surface area contributed by atoms with E-state index in [0.29, 0.717) is 12.0 Å². The molecule has 1 aliphatic heterocycles. The summed E-state index contributed by atoms with van der Waals surface area (Å²) in [5, 5.41) is 12.0. The number of guanidine groups is 1. The van der Waals surface area contributed by atoms with Gasteiger partial charge in [-0.15, -0.1) is 0 Å². The van der Waals surface area contributed by atoms with E-state index >= 15 is 0 Å². The van der Waals surface area contributed by atoms with Gasteiger partial charge in [0.15, 0.2) is 5.54 Å². The predicted molar refractivity (Wildman–Crippen MR) is 128 cm³/mol. The van der Waals surface area contributed by atoms with Crippen LogP contribution < -0.4 is 5.32 Å². The van der Waals surface area contributed by atoms with Crippen LogP contribution in [0, 0.1) is 5.92 Å². The summed E-state index contributed by atoms with van der Waals surface area (Å²) in [4.78, 5) is 44.2. The lowest BCUT2D eigenvalue weighted by Crippen LogP contribution is -2.47. The minimum atomic E-state index is -1.22.